The van der Waals surface area contributed by atoms with Crippen LogP contribution in [0, 0.1) is 23.7 Å². The maximum absolute atomic E-state index is 14.7. The second-order valence-electron chi connectivity index (χ2n) is 20.1. The van der Waals surface area contributed by atoms with Crippen LogP contribution in [0.5, 0.6) is 5.75 Å². The molecule has 18 heteroatoms. The number of ether oxygens (including phenoxy) is 3. The zero-order chi connectivity index (χ0) is 51.6. The van der Waals surface area contributed by atoms with Gasteiger partial charge in [0.15, 0.2) is 0 Å². The number of thiazole rings is 1. The van der Waals surface area contributed by atoms with Gasteiger partial charge in [0, 0.05) is 43.0 Å². The second kappa shape index (κ2) is 28.1. The van der Waals surface area contributed by atoms with E-state index < -0.39 is 65.6 Å². The molecule has 1 fully saturated rings. The number of carboxylic acid groups (broad SMARTS) is 2. The van der Waals surface area contributed by atoms with Crippen molar-refractivity contribution in [2.24, 2.45) is 23.7 Å². The summed E-state index contributed by atoms with van der Waals surface area (Å²) in [6.07, 6.45) is 4.43. The third-order valence-corrected chi connectivity index (χ3v) is 13.5. The number of hydrogen-bond acceptors (Lipinski definition) is 12. The van der Waals surface area contributed by atoms with E-state index in [2.05, 4.69) is 34.7 Å². The molecule has 5 N–H and O–H groups in total. The van der Waals surface area contributed by atoms with E-state index in [0.717, 1.165) is 37.8 Å². The van der Waals surface area contributed by atoms with Crippen molar-refractivity contribution in [2.45, 2.75) is 176 Å². The van der Waals surface area contributed by atoms with Crippen LogP contribution in [0.2, 0.25) is 0 Å². The SMILES string of the molecule is CCCO[C@H](C[C@H](C(C)C)N(CCC)C(=O)[C@@H](NC(=O)[C@H]1CCCCN1C)[C@@H](C)CC)c1nc(C(=O)N[C@@H](Cc2ccc(OCC(C)[C@@H](NC(=O)OC(C)(C)C)C(=O)O)cc2)C[C@H](C)C(=O)O)cs1. The predicted octanol–water partition coefficient (Wildman–Crippen LogP) is 7.72. The summed E-state index contributed by atoms with van der Waals surface area (Å²) in [6, 6.07) is 3.92. The van der Waals surface area contributed by atoms with Crippen LogP contribution in [-0.4, -0.2) is 130 Å². The van der Waals surface area contributed by atoms with Gasteiger partial charge in [0.2, 0.25) is 11.8 Å². The molecule has 69 heavy (non-hydrogen) atoms. The number of hydrogen-bond donors (Lipinski definition) is 5. The Hall–Kier alpha value is -4.81. The number of amides is 4. The van der Waals surface area contributed by atoms with E-state index in [0.29, 0.717) is 49.6 Å². The molecule has 1 aliphatic heterocycles. The van der Waals surface area contributed by atoms with Crippen molar-refractivity contribution in [2.75, 3.05) is 33.4 Å². The summed E-state index contributed by atoms with van der Waals surface area (Å²) < 4.78 is 17.6. The lowest BCUT2D eigenvalue weighted by Gasteiger charge is -2.40. The van der Waals surface area contributed by atoms with Crippen LogP contribution in [0.15, 0.2) is 29.6 Å². The Bertz CT molecular complexity index is 1960. The highest BCUT2D eigenvalue weighted by atomic mass is 32.1. The number of alkyl carbamates (subject to hydrolysis) is 1. The highest BCUT2D eigenvalue weighted by Gasteiger charge is 2.38. The topological polar surface area (TPSA) is 226 Å². The summed E-state index contributed by atoms with van der Waals surface area (Å²) in [6.45, 7) is 22.3. The van der Waals surface area contributed by atoms with Gasteiger partial charge in [-0.1, -0.05) is 80.4 Å². The van der Waals surface area contributed by atoms with Gasteiger partial charge in [-0.3, -0.25) is 24.1 Å². The molecule has 1 aromatic heterocycles. The van der Waals surface area contributed by atoms with Crippen LogP contribution in [0.3, 0.4) is 0 Å². The van der Waals surface area contributed by atoms with Crippen LogP contribution in [0.4, 0.5) is 4.79 Å². The van der Waals surface area contributed by atoms with Gasteiger partial charge in [0.05, 0.1) is 18.6 Å². The average Bonchev–Trinajstić information content (AvgIpc) is 3.78. The number of aromatic nitrogens is 1. The highest BCUT2D eigenvalue weighted by Crippen LogP contribution is 2.32. The van der Waals surface area contributed by atoms with Crippen LogP contribution in [0.25, 0.3) is 0 Å². The molecule has 9 atom stereocenters. The normalized spacial score (nSPS) is 17.8. The Balaban J connectivity index is 1.80. The number of carbonyl (C=O) groups is 6. The molecule has 4 amide bonds. The summed E-state index contributed by atoms with van der Waals surface area (Å²) in [7, 11) is 1.96. The number of likely N-dealkylation sites (tertiary alicyclic amines) is 1. The summed E-state index contributed by atoms with van der Waals surface area (Å²) in [5.41, 5.74) is 0.162. The van der Waals surface area contributed by atoms with Gasteiger partial charge >= 0.3 is 18.0 Å². The molecule has 1 aromatic carbocycles. The van der Waals surface area contributed by atoms with Crippen LogP contribution in [-0.2, 0) is 35.1 Å². The number of piperidine rings is 1. The Morgan fingerprint density at radius 3 is 2.13 bits per heavy atom. The van der Waals surface area contributed by atoms with Crippen molar-refractivity contribution < 1.29 is 53.2 Å². The minimum absolute atomic E-state index is 0.0206. The minimum Gasteiger partial charge on any atom is -0.493 e. The van der Waals surface area contributed by atoms with Gasteiger partial charge < -0.3 is 45.3 Å². The highest BCUT2D eigenvalue weighted by molar-refractivity contribution is 7.09. The van der Waals surface area contributed by atoms with Gasteiger partial charge in [-0.15, -0.1) is 11.3 Å². The fourth-order valence-corrected chi connectivity index (χ4v) is 9.27. The number of aliphatic carboxylic acids is 2. The lowest BCUT2D eigenvalue weighted by atomic mass is 9.92. The standard InChI is InChI=1S/C51H82N6O11S/c1-13-23-57(47(60)42(32(6)15-3)54-45(59)39-18-16-17-24-56(39)12)40(31(4)5)28-41(66-25-14-2)46-53-38(30-69-46)44(58)52-36(26-33(7)48(61)62)27-35-19-21-37(22-20-35)67-29-34(8)43(49(63)64)55-50(65)68-51(9,10)11/h19-22,30-34,36,39-43H,13-18,23-29H2,1-12H3,(H,52,58)(H,54,59)(H,55,65)(H,61,62)(H,63,64)/t32-,33-,34?,36+,39+,40+,41+,42-,43+/m0/s1. The zero-order valence-corrected chi connectivity index (χ0v) is 44.0. The fourth-order valence-electron chi connectivity index (χ4n) is 8.41. The van der Waals surface area contributed by atoms with Gasteiger partial charge in [0.25, 0.3) is 5.91 Å². The lowest BCUT2D eigenvalue weighted by Crippen LogP contribution is -2.58. The molecule has 0 aliphatic carbocycles. The Labute approximate surface area is 414 Å². The van der Waals surface area contributed by atoms with Crippen molar-refractivity contribution in [3.63, 3.8) is 0 Å². The van der Waals surface area contributed by atoms with Crippen LogP contribution >= 0.6 is 11.3 Å². The van der Waals surface area contributed by atoms with Crippen molar-refractivity contribution in [3.05, 3.63) is 45.9 Å². The second-order valence-corrected chi connectivity index (χ2v) is 21.0. The van der Waals surface area contributed by atoms with Crippen molar-refractivity contribution in [1.82, 2.24) is 30.7 Å². The minimum atomic E-state index is -1.26. The number of carboxylic acids is 2. The van der Waals surface area contributed by atoms with Gasteiger partial charge in [-0.2, -0.15) is 0 Å². The molecule has 1 aliphatic rings. The first kappa shape index (κ1) is 58.5. The van der Waals surface area contributed by atoms with E-state index in [4.69, 9.17) is 19.2 Å². The smallest absolute Gasteiger partial charge is 0.408 e. The van der Waals surface area contributed by atoms with E-state index in [1.165, 1.54) is 11.3 Å². The molecule has 17 nitrogen and oxygen atoms in total. The zero-order valence-electron chi connectivity index (χ0n) is 43.2. The summed E-state index contributed by atoms with van der Waals surface area (Å²) in [5, 5.41) is 30.5. The number of carbonyl (C=O) groups excluding carboxylic acids is 4. The van der Waals surface area contributed by atoms with E-state index >= 15 is 0 Å². The lowest BCUT2D eigenvalue weighted by molar-refractivity contribution is -0.143. The van der Waals surface area contributed by atoms with E-state index in [-0.39, 0.29) is 54.5 Å². The molecule has 0 radical (unpaired) electrons. The van der Waals surface area contributed by atoms with E-state index in [1.54, 1.807) is 64.3 Å². The van der Waals surface area contributed by atoms with Gasteiger partial charge in [0.1, 0.15) is 40.2 Å². The Kier molecular flexibility index (Phi) is 23.9. The maximum Gasteiger partial charge on any atom is 0.408 e. The average molecular weight is 987 g/mol. The first-order chi connectivity index (χ1) is 32.5. The monoisotopic (exact) mass is 987 g/mol. The number of benzene rings is 1. The number of nitrogens with one attached hydrogen (secondary N) is 3. The molecule has 1 saturated heterocycles. The number of likely N-dealkylation sites (N-methyl/N-ethyl adjacent to an activating group) is 1. The molecule has 388 valence electrons. The molecular weight excluding hydrogens is 905 g/mol. The molecule has 2 aromatic rings. The number of rotatable bonds is 28. The first-order valence-corrected chi connectivity index (χ1v) is 25.7. The van der Waals surface area contributed by atoms with E-state index in [9.17, 15) is 39.0 Å². The first-order valence-electron chi connectivity index (χ1n) is 24.9. The Morgan fingerprint density at radius 1 is 0.884 bits per heavy atom. The molecule has 2 heterocycles. The fraction of sp³-hybridized carbons (Fsp3) is 0.706. The molecule has 0 spiro atoms. The van der Waals surface area contributed by atoms with E-state index in [1.807, 2.05) is 39.6 Å². The summed E-state index contributed by atoms with van der Waals surface area (Å²) >= 11 is 1.30. The molecule has 1 unspecified atom stereocenters. The molecular formula is C51H82N6O11S. The Morgan fingerprint density at radius 2 is 1.57 bits per heavy atom. The predicted molar refractivity (Wildman–Crippen MR) is 266 cm³/mol. The molecule has 3 rings (SSSR count). The largest absolute Gasteiger partial charge is 0.493 e. The third-order valence-electron chi connectivity index (χ3n) is 12.6. The van der Waals surface area contributed by atoms with Crippen LogP contribution in [0.1, 0.15) is 155 Å². The molecule has 0 saturated carbocycles. The quantitative estimate of drug-likeness (QED) is 0.0551. The summed E-state index contributed by atoms with van der Waals surface area (Å²) in [5.74, 6) is -3.92. The summed E-state index contributed by atoms with van der Waals surface area (Å²) in [4.78, 5) is 87.4. The van der Waals surface area contributed by atoms with Crippen molar-refractivity contribution >= 4 is 47.1 Å². The van der Waals surface area contributed by atoms with Crippen LogP contribution < -0.4 is 20.7 Å². The molecule has 0 bridgehead atoms. The van der Waals surface area contributed by atoms with Gasteiger partial charge in [-0.25, -0.2) is 14.6 Å². The third kappa shape index (κ3) is 18.8. The number of nitrogens with zero attached hydrogens (tertiary/aromatic N) is 3. The van der Waals surface area contributed by atoms with Gasteiger partial charge in [-0.05, 0) is 102 Å². The van der Waals surface area contributed by atoms with Crippen molar-refractivity contribution in [3.8, 4) is 5.75 Å². The maximum atomic E-state index is 14.7. The van der Waals surface area contributed by atoms with Crippen molar-refractivity contribution in [1.29, 1.82) is 0 Å².